The van der Waals surface area contributed by atoms with Crippen LogP contribution in [0.1, 0.15) is 56.6 Å². The number of benzene rings is 2. The maximum atomic E-state index is 10.9. The minimum atomic E-state index is -0.833. The standard InChI is InChI=1S/C20H26ClN7O.C13H15ClN2O.C8H11N3OS.C2H4O2.ClH/c21-15-3-1-14(2-4-15)11-17-13-29-18(5-8-22)12-28(17)16-6-9-27(10-7-16)20-24-19(23)25-26-20;14-11-3-1-10(2-4-11)7-12-9-17-13(5-6-15)8-16-12;1-13-8(10-6-9)11-4-2-7(12)3-5-11;1-2(3)4;/h1-4,16-18H,5-7,9-13H2,(H3,23,24,25,26);1-4,12-13,16H,5,7-9H2;2-5H2,1H3;1H3,(H,3,4);1H/t17-,18-;12-,13-;;;/m00.../s1. The molecule has 2 aromatic carbocycles. The van der Waals surface area contributed by atoms with Crippen LogP contribution in [0.4, 0.5) is 11.9 Å². The Labute approximate surface area is 395 Å². The lowest BCUT2D eigenvalue weighted by molar-refractivity contribution is -0.134. The van der Waals surface area contributed by atoms with E-state index in [-0.39, 0.29) is 24.6 Å². The number of nitriles is 3. The number of ketones is 1. The smallest absolute Gasteiger partial charge is 0.300 e. The molecule has 4 saturated heterocycles. The lowest BCUT2D eigenvalue weighted by atomic mass is 9.96. The van der Waals surface area contributed by atoms with Crippen LogP contribution in [0.3, 0.4) is 0 Å². The summed E-state index contributed by atoms with van der Waals surface area (Å²) < 4.78 is 11.6. The second kappa shape index (κ2) is 29.0. The molecule has 346 valence electrons. The van der Waals surface area contributed by atoms with Gasteiger partial charge in [0.1, 0.15) is 5.78 Å². The first-order valence-corrected chi connectivity index (χ1v) is 22.7. The Kier molecular flexibility index (Phi) is 24.3. The summed E-state index contributed by atoms with van der Waals surface area (Å²) >= 11 is 13.3. The van der Waals surface area contributed by atoms with Crippen LogP contribution in [-0.4, -0.2) is 136 Å². The first-order chi connectivity index (χ1) is 30.4. The van der Waals surface area contributed by atoms with Gasteiger partial charge in [-0.1, -0.05) is 59.2 Å². The highest BCUT2D eigenvalue weighted by molar-refractivity contribution is 8.13. The van der Waals surface area contributed by atoms with Crippen molar-refractivity contribution >= 4 is 76.2 Å². The van der Waals surface area contributed by atoms with Gasteiger partial charge in [-0.15, -0.1) is 22.5 Å². The number of aromatic amines is 1. The molecule has 4 aliphatic rings. The Morgan fingerprint density at radius 1 is 0.938 bits per heavy atom. The number of Topliss-reactive ketones (excluding diaryl/α,β-unsaturated/α-hetero) is 1. The number of thioether (sulfide) groups is 1. The van der Waals surface area contributed by atoms with Crippen molar-refractivity contribution < 1.29 is 24.2 Å². The van der Waals surface area contributed by atoms with Crippen molar-refractivity contribution in [1.29, 1.82) is 15.8 Å². The molecule has 4 fully saturated rings. The molecule has 0 spiro atoms. The van der Waals surface area contributed by atoms with E-state index in [2.05, 4.69) is 59.6 Å². The number of carbonyl (C=O) groups excluding carboxylic acids is 1. The van der Waals surface area contributed by atoms with Crippen molar-refractivity contribution in [3.05, 3.63) is 69.7 Å². The highest BCUT2D eigenvalue weighted by atomic mass is 35.5. The third-order valence-electron chi connectivity index (χ3n) is 10.6. The van der Waals surface area contributed by atoms with Crippen molar-refractivity contribution in [2.45, 2.75) is 88.6 Å². The summed E-state index contributed by atoms with van der Waals surface area (Å²) in [6.07, 6.45) is 9.58. The minimum absolute atomic E-state index is 0. The van der Waals surface area contributed by atoms with Crippen molar-refractivity contribution in [1.82, 2.24) is 30.3 Å². The Hall–Kier alpha value is -4.68. The molecular weight excluding hydrogens is 903 g/mol. The van der Waals surface area contributed by atoms with Gasteiger partial charge in [0.15, 0.2) is 5.17 Å². The molecule has 5 N–H and O–H groups in total. The number of nitrogens with zero attached hydrogens (tertiary/aromatic N) is 9. The number of carbonyl (C=O) groups is 2. The number of nitrogen functional groups attached to an aromatic ring is 1. The number of nitrogens with one attached hydrogen (secondary N) is 2. The van der Waals surface area contributed by atoms with Crippen molar-refractivity contribution in [2.24, 2.45) is 4.99 Å². The SMILES string of the molecule is CC(=O)O.CSC(=NC#N)N1CCC(=O)CC1.Cl.N#CC[C@H]1CN(C2CCN(c3n[nH]c(N)n3)CC2)[C@@H](Cc2ccc(Cl)cc2)CO1.N#CC[C@H]1CN[C@@H](Cc2ccc(Cl)cc2)CO1. The number of H-pyrrole nitrogens is 1. The number of amidine groups is 1. The quantitative estimate of drug-likeness (QED) is 0.119. The van der Waals surface area contributed by atoms with Gasteiger partial charge in [-0.25, -0.2) is 5.10 Å². The molecule has 4 atom stereocenters. The maximum Gasteiger partial charge on any atom is 0.300 e. The number of aromatic nitrogens is 3. The number of aliphatic carboxylic acids is 1. The molecule has 0 saturated carbocycles. The molecule has 0 amide bonds. The van der Waals surface area contributed by atoms with Gasteiger partial charge in [0.25, 0.3) is 5.97 Å². The van der Waals surface area contributed by atoms with Gasteiger partial charge in [0, 0.05) is 87.2 Å². The highest BCUT2D eigenvalue weighted by Gasteiger charge is 2.36. The normalized spacial score (nSPS) is 21.4. The first-order valence-electron chi connectivity index (χ1n) is 20.8. The fourth-order valence-electron chi connectivity index (χ4n) is 7.50. The van der Waals surface area contributed by atoms with E-state index in [9.17, 15) is 4.79 Å². The molecule has 5 heterocycles. The molecular formula is C43H57Cl3N12O5S. The number of likely N-dealkylation sites (tertiary alicyclic amines) is 1. The number of ether oxygens (including phenoxy) is 2. The Bertz CT molecular complexity index is 2010. The third kappa shape index (κ3) is 18.8. The number of morpholine rings is 2. The average molecular weight is 960 g/mol. The molecule has 3 aromatic rings. The zero-order valence-corrected chi connectivity index (χ0v) is 39.2. The number of piperidine rings is 2. The van der Waals surface area contributed by atoms with Crippen LogP contribution in [0.15, 0.2) is 53.5 Å². The van der Waals surface area contributed by atoms with Crippen LogP contribution in [0.25, 0.3) is 0 Å². The molecule has 17 nitrogen and oxygen atoms in total. The van der Waals surface area contributed by atoms with Crippen LogP contribution in [0.5, 0.6) is 0 Å². The summed E-state index contributed by atoms with van der Waals surface area (Å²) in [5.41, 5.74) is 8.16. The maximum absolute atomic E-state index is 10.9. The van der Waals surface area contributed by atoms with Crippen LogP contribution in [0, 0.1) is 34.1 Å². The molecule has 0 unspecified atom stereocenters. The lowest BCUT2D eigenvalue weighted by Gasteiger charge is -2.46. The largest absolute Gasteiger partial charge is 0.481 e. The fourth-order valence-corrected chi connectivity index (χ4v) is 8.32. The van der Waals surface area contributed by atoms with E-state index in [1.54, 1.807) is 6.19 Å². The topological polar surface area (TPSA) is 246 Å². The molecule has 7 rings (SSSR count). The summed E-state index contributed by atoms with van der Waals surface area (Å²) in [6, 6.07) is 21.4. The molecule has 1 aromatic heterocycles. The number of hydrogen-bond acceptors (Lipinski definition) is 15. The summed E-state index contributed by atoms with van der Waals surface area (Å²) in [4.78, 5) is 34.6. The number of hydrogen-bond donors (Lipinski definition) is 4. The molecule has 0 bridgehead atoms. The highest BCUT2D eigenvalue weighted by Crippen LogP contribution is 2.27. The Balaban J connectivity index is 0.000000264. The van der Waals surface area contributed by atoms with Gasteiger partial charge in [0.05, 0.1) is 50.4 Å². The summed E-state index contributed by atoms with van der Waals surface area (Å²) in [5, 5.41) is 46.0. The second-order valence-corrected chi connectivity index (χ2v) is 16.9. The monoisotopic (exact) mass is 958 g/mol. The van der Waals surface area contributed by atoms with Crippen LogP contribution >= 0.6 is 47.4 Å². The van der Waals surface area contributed by atoms with Crippen molar-refractivity contribution in [2.75, 3.05) is 69.4 Å². The third-order valence-corrected chi connectivity index (χ3v) is 11.8. The van der Waals surface area contributed by atoms with E-state index >= 15 is 0 Å². The lowest BCUT2D eigenvalue weighted by Crippen LogP contribution is -2.57. The van der Waals surface area contributed by atoms with Crippen LogP contribution in [0.2, 0.25) is 10.0 Å². The van der Waals surface area contributed by atoms with Gasteiger partial charge < -0.3 is 35.4 Å². The number of carboxylic acid groups (broad SMARTS) is 1. The number of aliphatic imine (C=N–C) groups is 1. The van der Waals surface area contributed by atoms with Gasteiger partial charge in [-0.2, -0.15) is 20.8 Å². The summed E-state index contributed by atoms with van der Waals surface area (Å²) in [6.45, 7) is 7.10. The average Bonchev–Trinajstić information content (AvgIpc) is 3.72. The van der Waals surface area contributed by atoms with Gasteiger partial charge in [0.2, 0.25) is 18.1 Å². The molecule has 0 radical (unpaired) electrons. The number of halogens is 3. The zero-order chi connectivity index (χ0) is 45.6. The summed E-state index contributed by atoms with van der Waals surface area (Å²) in [5.74, 6) is 0.481. The Morgan fingerprint density at radius 3 is 2.00 bits per heavy atom. The number of nitrogens with two attached hydrogens (primary N) is 1. The van der Waals surface area contributed by atoms with Crippen LogP contribution < -0.4 is 16.0 Å². The number of anilines is 2. The Morgan fingerprint density at radius 2 is 1.50 bits per heavy atom. The number of carboxylic acids is 1. The second-order valence-electron chi connectivity index (χ2n) is 15.2. The molecule has 0 aliphatic carbocycles. The van der Waals surface area contributed by atoms with Crippen molar-refractivity contribution in [3.63, 3.8) is 0 Å². The first kappa shape index (κ1) is 53.7. The van der Waals surface area contributed by atoms with E-state index < -0.39 is 5.97 Å². The van der Waals surface area contributed by atoms with Crippen molar-refractivity contribution in [3.8, 4) is 18.3 Å². The molecule has 4 aliphatic heterocycles. The van der Waals surface area contributed by atoms with E-state index in [0.29, 0.717) is 87.8 Å². The zero-order valence-electron chi connectivity index (χ0n) is 36.1. The molecule has 21 heteroatoms. The fraction of sp³-hybridized carbons (Fsp3) is 0.535. The van der Waals surface area contributed by atoms with Gasteiger partial charge in [-0.05, 0) is 67.3 Å². The predicted molar refractivity (Wildman–Crippen MR) is 252 cm³/mol. The van der Waals surface area contributed by atoms with Gasteiger partial charge in [-0.3, -0.25) is 14.5 Å². The van der Waals surface area contributed by atoms with E-state index in [4.69, 9.17) is 64.1 Å². The van der Waals surface area contributed by atoms with E-state index in [1.807, 2.05) is 47.6 Å². The van der Waals surface area contributed by atoms with E-state index in [0.717, 1.165) is 74.0 Å². The minimum Gasteiger partial charge on any atom is -0.481 e. The van der Waals surface area contributed by atoms with E-state index in [1.165, 1.54) is 22.9 Å². The predicted octanol–water partition coefficient (Wildman–Crippen LogP) is 5.75. The van der Waals surface area contributed by atoms with Gasteiger partial charge >= 0.3 is 0 Å². The number of rotatable bonds is 8. The molecule has 64 heavy (non-hydrogen) atoms. The summed E-state index contributed by atoms with van der Waals surface area (Å²) in [7, 11) is 0. The van der Waals surface area contributed by atoms with Crippen LogP contribution in [-0.2, 0) is 31.9 Å².